The fourth-order valence-electron chi connectivity index (χ4n) is 0.954. The molecule has 0 aliphatic rings. The predicted molar refractivity (Wildman–Crippen MR) is 52.3 cm³/mol. The summed E-state index contributed by atoms with van der Waals surface area (Å²) in [6.45, 7) is -0.485. The summed E-state index contributed by atoms with van der Waals surface area (Å²) in [4.78, 5) is 10.9. The van der Waals surface area contributed by atoms with Crippen molar-refractivity contribution in [3.05, 3.63) is 33.8 Å². The van der Waals surface area contributed by atoms with Crippen LogP contribution in [0.4, 0.5) is 0 Å². The first-order chi connectivity index (χ1) is 6.15. The maximum Gasteiger partial charge on any atom is 0.162 e. The zero-order valence-electron chi connectivity index (χ0n) is 6.76. The molecule has 0 aromatic heterocycles. The van der Waals surface area contributed by atoms with Crippen LogP contribution in [0.25, 0.3) is 0 Å². The van der Waals surface area contributed by atoms with Gasteiger partial charge in [0.2, 0.25) is 0 Å². The van der Waals surface area contributed by atoms with E-state index in [0.29, 0.717) is 15.6 Å². The first-order valence-corrected chi connectivity index (χ1v) is 4.46. The third-order valence-electron chi connectivity index (χ3n) is 1.61. The molecule has 0 bridgehead atoms. The lowest BCUT2D eigenvalue weighted by Crippen LogP contribution is -2.08. The molecule has 0 saturated heterocycles. The molecule has 0 aliphatic heterocycles. The van der Waals surface area contributed by atoms with Crippen LogP contribution in [0.15, 0.2) is 18.2 Å². The summed E-state index contributed by atoms with van der Waals surface area (Å²) >= 11 is 11.6. The lowest BCUT2D eigenvalue weighted by molar-refractivity contribution is -0.121. The van der Waals surface area contributed by atoms with Gasteiger partial charge >= 0.3 is 0 Å². The third-order valence-corrected chi connectivity index (χ3v) is 2.32. The van der Waals surface area contributed by atoms with Gasteiger partial charge in [0.05, 0.1) is 0 Å². The number of aliphatic hydroxyl groups is 1. The SMILES string of the molecule is O=C(CO)Cc1c(Cl)cccc1Cl. The predicted octanol–water partition coefficient (Wildman–Crippen LogP) is 2.10. The second kappa shape index (κ2) is 4.61. The summed E-state index contributed by atoms with van der Waals surface area (Å²) in [6.07, 6.45) is 0.0784. The number of hydrogen-bond acceptors (Lipinski definition) is 2. The van der Waals surface area contributed by atoms with Gasteiger partial charge in [0.15, 0.2) is 5.78 Å². The monoisotopic (exact) mass is 218 g/mol. The van der Waals surface area contributed by atoms with Crippen molar-refractivity contribution in [1.82, 2.24) is 0 Å². The van der Waals surface area contributed by atoms with Gasteiger partial charge in [0.25, 0.3) is 0 Å². The molecule has 2 nitrogen and oxygen atoms in total. The Hall–Kier alpha value is -0.570. The number of Topliss-reactive ketones (excluding diaryl/α,β-unsaturated/α-hetero) is 1. The number of aliphatic hydroxyl groups excluding tert-OH is 1. The van der Waals surface area contributed by atoms with E-state index in [0.717, 1.165) is 0 Å². The fourth-order valence-corrected chi connectivity index (χ4v) is 1.49. The molecule has 70 valence electrons. The van der Waals surface area contributed by atoms with Crippen LogP contribution in [0.3, 0.4) is 0 Å². The Morgan fingerprint density at radius 2 is 1.85 bits per heavy atom. The van der Waals surface area contributed by atoms with Gasteiger partial charge in [0, 0.05) is 16.5 Å². The summed E-state index contributed by atoms with van der Waals surface area (Å²) < 4.78 is 0. The minimum absolute atomic E-state index is 0.0784. The van der Waals surface area contributed by atoms with Gasteiger partial charge in [-0.3, -0.25) is 4.79 Å². The van der Waals surface area contributed by atoms with Crippen molar-refractivity contribution in [3.63, 3.8) is 0 Å². The van der Waals surface area contributed by atoms with E-state index in [1.54, 1.807) is 18.2 Å². The molecule has 1 N–H and O–H groups in total. The minimum atomic E-state index is -0.485. The summed E-state index contributed by atoms with van der Waals surface area (Å²) in [5.41, 5.74) is 0.574. The van der Waals surface area contributed by atoms with Gasteiger partial charge in [-0.1, -0.05) is 29.3 Å². The van der Waals surface area contributed by atoms with Crippen LogP contribution >= 0.6 is 23.2 Å². The highest BCUT2D eigenvalue weighted by Gasteiger charge is 2.09. The number of carbonyl (C=O) groups excluding carboxylic acids is 1. The second-order valence-corrected chi connectivity index (χ2v) is 3.39. The molecular weight excluding hydrogens is 211 g/mol. The Morgan fingerprint density at radius 1 is 1.31 bits per heavy atom. The van der Waals surface area contributed by atoms with Gasteiger partial charge in [-0.05, 0) is 17.7 Å². The van der Waals surface area contributed by atoms with Crippen molar-refractivity contribution >= 4 is 29.0 Å². The number of carbonyl (C=O) groups is 1. The molecule has 0 saturated carbocycles. The van der Waals surface area contributed by atoms with E-state index in [1.165, 1.54) is 0 Å². The molecule has 0 heterocycles. The summed E-state index contributed by atoms with van der Waals surface area (Å²) in [7, 11) is 0. The van der Waals surface area contributed by atoms with Gasteiger partial charge in [-0.25, -0.2) is 0 Å². The number of ketones is 1. The average molecular weight is 219 g/mol. The summed E-state index contributed by atoms with van der Waals surface area (Å²) in [5.74, 6) is -0.296. The van der Waals surface area contributed by atoms with Crippen molar-refractivity contribution in [3.8, 4) is 0 Å². The molecule has 1 aromatic carbocycles. The van der Waals surface area contributed by atoms with Crippen molar-refractivity contribution in [2.45, 2.75) is 6.42 Å². The Balaban J connectivity index is 2.93. The van der Waals surface area contributed by atoms with E-state index in [4.69, 9.17) is 28.3 Å². The zero-order valence-corrected chi connectivity index (χ0v) is 8.27. The first-order valence-electron chi connectivity index (χ1n) is 3.70. The van der Waals surface area contributed by atoms with Crippen LogP contribution in [0, 0.1) is 0 Å². The topological polar surface area (TPSA) is 37.3 Å². The van der Waals surface area contributed by atoms with E-state index in [9.17, 15) is 4.79 Å². The third kappa shape index (κ3) is 2.69. The summed E-state index contributed by atoms with van der Waals surface area (Å²) in [5, 5.41) is 9.45. The van der Waals surface area contributed by atoms with Gasteiger partial charge < -0.3 is 5.11 Å². The number of hydrogen-bond donors (Lipinski definition) is 1. The minimum Gasteiger partial charge on any atom is -0.389 e. The van der Waals surface area contributed by atoms with Crippen molar-refractivity contribution in [2.24, 2.45) is 0 Å². The van der Waals surface area contributed by atoms with E-state index in [1.807, 2.05) is 0 Å². The number of halogens is 2. The molecule has 1 rings (SSSR count). The Kier molecular flexibility index (Phi) is 3.72. The molecule has 0 aliphatic carbocycles. The van der Waals surface area contributed by atoms with Crippen LogP contribution in [-0.4, -0.2) is 17.5 Å². The molecule has 1 aromatic rings. The second-order valence-electron chi connectivity index (χ2n) is 2.57. The summed E-state index contributed by atoms with van der Waals surface area (Å²) in [6, 6.07) is 5.03. The van der Waals surface area contributed by atoms with E-state index in [2.05, 4.69) is 0 Å². The fraction of sp³-hybridized carbons (Fsp3) is 0.222. The standard InChI is InChI=1S/C9H8Cl2O2/c10-8-2-1-3-9(11)7(8)4-6(13)5-12/h1-3,12H,4-5H2. The van der Waals surface area contributed by atoms with E-state index >= 15 is 0 Å². The van der Waals surface area contributed by atoms with Gasteiger partial charge in [-0.2, -0.15) is 0 Å². The van der Waals surface area contributed by atoms with Crippen molar-refractivity contribution in [2.75, 3.05) is 6.61 Å². The highest BCUT2D eigenvalue weighted by Crippen LogP contribution is 2.24. The Morgan fingerprint density at radius 3 is 2.31 bits per heavy atom. The highest BCUT2D eigenvalue weighted by atomic mass is 35.5. The molecule has 0 atom stereocenters. The van der Waals surface area contributed by atoms with Gasteiger partial charge in [0.1, 0.15) is 6.61 Å². The Labute approximate surface area is 86.1 Å². The smallest absolute Gasteiger partial charge is 0.162 e. The van der Waals surface area contributed by atoms with Crippen molar-refractivity contribution in [1.29, 1.82) is 0 Å². The molecular formula is C9H8Cl2O2. The maximum absolute atomic E-state index is 10.9. The zero-order chi connectivity index (χ0) is 9.84. The number of rotatable bonds is 3. The van der Waals surface area contributed by atoms with Crippen LogP contribution in [0.2, 0.25) is 10.0 Å². The molecule has 0 unspecified atom stereocenters. The lowest BCUT2D eigenvalue weighted by atomic mass is 10.1. The largest absolute Gasteiger partial charge is 0.389 e. The average Bonchev–Trinajstić information content (AvgIpc) is 2.11. The Bertz CT molecular complexity index is 303. The molecule has 13 heavy (non-hydrogen) atoms. The van der Waals surface area contributed by atoms with Gasteiger partial charge in [-0.15, -0.1) is 0 Å². The lowest BCUT2D eigenvalue weighted by Gasteiger charge is -2.04. The normalized spacial score (nSPS) is 10.1. The quantitative estimate of drug-likeness (QED) is 0.845. The van der Waals surface area contributed by atoms with Crippen LogP contribution < -0.4 is 0 Å². The molecule has 0 amide bonds. The van der Waals surface area contributed by atoms with E-state index < -0.39 is 6.61 Å². The number of benzene rings is 1. The maximum atomic E-state index is 10.9. The highest BCUT2D eigenvalue weighted by molar-refractivity contribution is 6.36. The molecule has 0 spiro atoms. The molecule has 4 heteroatoms. The van der Waals surface area contributed by atoms with Crippen LogP contribution in [-0.2, 0) is 11.2 Å². The first kappa shape index (κ1) is 10.5. The van der Waals surface area contributed by atoms with E-state index in [-0.39, 0.29) is 12.2 Å². The van der Waals surface area contributed by atoms with Crippen LogP contribution in [0.1, 0.15) is 5.56 Å². The molecule has 0 fully saturated rings. The van der Waals surface area contributed by atoms with Crippen molar-refractivity contribution < 1.29 is 9.90 Å². The molecule has 0 radical (unpaired) electrons. The van der Waals surface area contributed by atoms with Crippen LogP contribution in [0.5, 0.6) is 0 Å².